The molecule has 0 aromatic carbocycles. The predicted molar refractivity (Wildman–Crippen MR) is 90.9 cm³/mol. The molecule has 0 unspecified atom stereocenters. The molecule has 2 atom stereocenters. The van der Waals surface area contributed by atoms with Gasteiger partial charge in [-0.25, -0.2) is 9.78 Å². The van der Waals surface area contributed by atoms with Gasteiger partial charge in [0.2, 0.25) is 0 Å². The fourth-order valence-corrected chi connectivity index (χ4v) is 3.62. The van der Waals surface area contributed by atoms with Crippen LogP contribution in [0.15, 0.2) is 18.3 Å². The van der Waals surface area contributed by atoms with Crippen molar-refractivity contribution in [3.63, 3.8) is 0 Å². The molecule has 2 saturated heterocycles. The van der Waals surface area contributed by atoms with Gasteiger partial charge in [0, 0.05) is 32.4 Å². The fraction of sp³-hybridized carbons (Fsp3) is 0.667. The summed E-state index contributed by atoms with van der Waals surface area (Å²) in [5, 5.41) is 0. The van der Waals surface area contributed by atoms with Crippen molar-refractivity contribution in [3.8, 4) is 0 Å². The normalized spacial score (nSPS) is 23.8. The molecule has 5 nitrogen and oxygen atoms in total. The number of rotatable bonds is 1. The van der Waals surface area contributed by atoms with E-state index in [0.717, 1.165) is 18.6 Å². The number of ether oxygens (including phenoxy) is 1. The van der Waals surface area contributed by atoms with Crippen molar-refractivity contribution >= 4 is 11.9 Å². The summed E-state index contributed by atoms with van der Waals surface area (Å²) >= 11 is 0. The zero-order valence-electron chi connectivity index (χ0n) is 15.2. The molecule has 1 aromatic heterocycles. The lowest BCUT2D eigenvalue weighted by molar-refractivity contribution is -0.137. The van der Waals surface area contributed by atoms with Gasteiger partial charge in [0.05, 0.1) is 5.56 Å². The van der Waals surface area contributed by atoms with Crippen LogP contribution in [-0.4, -0.2) is 47.8 Å². The van der Waals surface area contributed by atoms with Gasteiger partial charge in [-0.2, -0.15) is 13.2 Å². The van der Waals surface area contributed by atoms with Crippen molar-refractivity contribution in [2.75, 3.05) is 31.1 Å². The van der Waals surface area contributed by atoms with Crippen molar-refractivity contribution in [2.24, 2.45) is 11.8 Å². The Hall–Kier alpha value is -1.99. The number of carbonyl (C=O) groups is 1. The second-order valence-corrected chi connectivity index (χ2v) is 8.04. The lowest BCUT2D eigenvalue weighted by atomic mass is 9.89. The monoisotopic (exact) mass is 371 g/mol. The third-order valence-corrected chi connectivity index (χ3v) is 4.85. The van der Waals surface area contributed by atoms with Crippen LogP contribution < -0.4 is 4.90 Å². The maximum Gasteiger partial charge on any atom is 0.416 e. The molecule has 1 amide bonds. The molecule has 1 aromatic rings. The Morgan fingerprint density at radius 2 is 1.88 bits per heavy atom. The first kappa shape index (κ1) is 18.8. The van der Waals surface area contributed by atoms with Crippen LogP contribution in [0, 0.1) is 11.8 Å². The highest BCUT2D eigenvalue weighted by Gasteiger charge is 2.40. The summed E-state index contributed by atoms with van der Waals surface area (Å²) in [6.07, 6.45) is -2.68. The Kier molecular flexibility index (Phi) is 4.79. The molecule has 2 fully saturated rings. The highest BCUT2D eigenvalue weighted by atomic mass is 19.4. The number of fused-ring (bicyclic) bond motifs is 1. The van der Waals surface area contributed by atoms with Crippen molar-refractivity contribution in [3.05, 3.63) is 23.9 Å². The second-order valence-electron chi connectivity index (χ2n) is 8.04. The van der Waals surface area contributed by atoms with E-state index >= 15 is 0 Å². The number of nitrogens with zero attached hydrogens (tertiary/aromatic N) is 3. The number of amides is 1. The minimum atomic E-state index is -4.38. The van der Waals surface area contributed by atoms with Crippen LogP contribution in [0.4, 0.5) is 23.8 Å². The molecule has 0 N–H and O–H groups in total. The highest BCUT2D eigenvalue weighted by molar-refractivity contribution is 5.68. The van der Waals surface area contributed by atoms with Gasteiger partial charge in [-0.05, 0) is 51.2 Å². The number of alkyl halides is 3. The topological polar surface area (TPSA) is 45.7 Å². The number of carbonyl (C=O) groups excluding carboxylic acids is 1. The fourth-order valence-electron chi connectivity index (χ4n) is 3.62. The number of hydrogen-bond acceptors (Lipinski definition) is 4. The van der Waals surface area contributed by atoms with E-state index in [-0.39, 0.29) is 12.0 Å². The van der Waals surface area contributed by atoms with Crippen LogP contribution in [0.3, 0.4) is 0 Å². The average Bonchev–Trinajstić information content (AvgIpc) is 2.95. The van der Waals surface area contributed by atoms with Gasteiger partial charge in [0.1, 0.15) is 11.4 Å². The molecule has 8 heteroatoms. The number of anilines is 1. The maximum absolute atomic E-state index is 12.9. The van der Waals surface area contributed by atoms with Crippen molar-refractivity contribution in [1.29, 1.82) is 0 Å². The summed E-state index contributed by atoms with van der Waals surface area (Å²) in [4.78, 5) is 20.0. The van der Waals surface area contributed by atoms with Gasteiger partial charge in [-0.15, -0.1) is 0 Å². The number of hydrogen-bond donors (Lipinski definition) is 0. The highest BCUT2D eigenvalue weighted by Crippen LogP contribution is 2.36. The van der Waals surface area contributed by atoms with Crippen molar-refractivity contribution < 1.29 is 22.7 Å². The van der Waals surface area contributed by atoms with Crippen LogP contribution in [0.5, 0.6) is 0 Å². The van der Waals surface area contributed by atoms with E-state index in [2.05, 4.69) is 4.98 Å². The lowest BCUT2D eigenvalue weighted by Crippen LogP contribution is -2.45. The molecule has 26 heavy (non-hydrogen) atoms. The van der Waals surface area contributed by atoms with Gasteiger partial charge in [-0.1, -0.05) is 0 Å². The minimum Gasteiger partial charge on any atom is -0.444 e. The molecule has 0 bridgehead atoms. The Balaban J connectivity index is 1.66. The van der Waals surface area contributed by atoms with Gasteiger partial charge < -0.3 is 14.5 Å². The van der Waals surface area contributed by atoms with Gasteiger partial charge in [0.25, 0.3) is 0 Å². The Bertz CT molecular complexity index is 672. The SMILES string of the molecule is CC(C)(C)OC(=O)N1CC[C@@H]2CN(c3cc(C(F)(F)F)ccn3)C[C@@H]2C1. The van der Waals surface area contributed by atoms with E-state index in [0.29, 0.717) is 37.9 Å². The van der Waals surface area contributed by atoms with Crippen LogP contribution in [0.25, 0.3) is 0 Å². The smallest absolute Gasteiger partial charge is 0.416 e. The quantitative estimate of drug-likeness (QED) is 0.753. The van der Waals surface area contributed by atoms with E-state index < -0.39 is 17.3 Å². The number of halogens is 3. The standard InChI is InChI=1S/C18H24F3N3O2/c1-17(2,3)26-16(25)23-7-5-12-9-24(11-13(12)10-23)15-8-14(4-6-22-15)18(19,20)21/h4,6,8,12-13H,5,7,9-11H2,1-3H3/t12-,13+/m1/s1. The first-order valence-electron chi connectivity index (χ1n) is 8.79. The van der Waals surface area contributed by atoms with E-state index in [1.165, 1.54) is 6.20 Å². The van der Waals surface area contributed by atoms with E-state index in [9.17, 15) is 18.0 Å². The summed E-state index contributed by atoms with van der Waals surface area (Å²) in [5.74, 6) is 0.913. The Labute approximate surface area is 151 Å². The van der Waals surface area contributed by atoms with Crippen LogP contribution in [0.1, 0.15) is 32.8 Å². The van der Waals surface area contributed by atoms with E-state index in [4.69, 9.17) is 4.74 Å². The van der Waals surface area contributed by atoms with Gasteiger partial charge in [-0.3, -0.25) is 0 Å². The molecule has 2 aliphatic rings. The van der Waals surface area contributed by atoms with E-state index in [1.807, 2.05) is 25.7 Å². The molecule has 0 radical (unpaired) electrons. The predicted octanol–water partition coefficient (Wildman–Crippen LogP) is 3.79. The second kappa shape index (κ2) is 6.63. The molecule has 2 aliphatic heterocycles. The molecule has 3 heterocycles. The zero-order chi connectivity index (χ0) is 19.1. The zero-order valence-corrected chi connectivity index (χ0v) is 15.2. The third-order valence-electron chi connectivity index (χ3n) is 4.85. The summed E-state index contributed by atoms with van der Waals surface area (Å²) in [5.41, 5.74) is -1.23. The van der Waals surface area contributed by atoms with Crippen LogP contribution >= 0.6 is 0 Å². The number of piperidine rings is 1. The largest absolute Gasteiger partial charge is 0.444 e. The first-order valence-corrected chi connectivity index (χ1v) is 8.79. The average molecular weight is 371 g/mol. The first-order chi connectivity index (χ1) is 12.0. The van der Waals surface area contributed by atoms with Crippen molar-refractivity contribution in [2.45, 2.75) is 39.0 Å². The molecular weight excluding hydrogens is 347 g/mol. The van der Waals surface area contributed by atoms with Crippen LogP contribution in [-0.2, 0) is 10.9 Å². The third kappa shape index (κ3) is 4.22. The molecule has 144 valence electrons. The van der Waals surface area contributed by atoms with Crippen LogP contribution in [0.2, 0.25) is 0 Å². The number of aromatic nitrogens is 1. The molecule has 3 rings (SSSR count). The van der Waals surface area contributed by atoms with Crippen molar-refractivity contribution in [1.82, 2.24) is 9.88 Å². The summed E-state index contributed by atoms with van der Waals surface area (Å²) < 4.78 is 44.2. The summed E-state index contributed by atoms with van der Waals surface area (Å²) in [6.45, 7) is 7.92. The molecular formula is C18H24F3N3O2. The molecule has 0 aliphatic carbocycles. The number of likely N-dealkylation sites (tertiary alicyclic amines) is 1. The maximum atomic E-state index is 12.9. The van der Waals surface area contributed by atoms with Gasteiger partial charge in [0.15, 0.2) is 0 Å². The number of pyridine rings is 1. The van der Waals surface area contributed by atoms with E-state index in [1.54, 1.807) is 4.90 Å². The van der Waals surface area contributed by atoms with Gasteiger partial charge >= 0.3 is 12.3 Å². The summed E-state index contributed by atoms with van der Waals surface area (Å²) in [6, 6.07) is 2.08. The minimum absolute atomic E-state index is 0.215. The molecule has 0 saturated carbocycles. The Morgan fingerprint density at radius 3 is 2.54 bits per heavy atom. The Morgan fingerprint density at radius 1 is 1.19 bits per heavy atom. The molecule has 0 spiro atoms. The summed E-state index contributed by atoms with van der Waals surface area (Å²) in [7, 11) is 0. The lowest BCUT2D eigenvalue weighted by Gasteiger charge is -2.35.